The summed E-state index contributed by atoms with van der Waals surface area (Å²) >= 11 is 0. The van der Waals surface area contributed by atoms with Gasteiger partial charge in [0.1, 0.15) is 11.5 Å². The van der Waals surface area contributed by atoms with Crippen LogP contribution in [0, 0.1) is 0 Å². The molecule has 0 saturated heterocycles. The molecule has 0 heterocycles. The van der Waals surface area contributed by atoms with Crippen molar-refractivity contribution in [2.75, 3.05) is 11.9 Å². The number of hydrogen-bond donors (Lipinski definition) is 2. The number of carbonyl (C=O) groups is 1. The molecular weight excluding hydrogens is 304 g/mol. The number of hydrogen-bond acceptors (Lipinski definition) is 4. The molecule has 0 bridgehead atoms. The van der Waals surface area contributed by atoms with Crippen molar-refractivity contribution in [3.05, 3.63) is 65.9 Å². The minimum atomic E-state index is -0.420. The van der Waals surface area contributed by atoms with E-state index in [0.717, 1.165) is 5.75 Å². The Morgan fingerprint density at radius 1 is 1.17 bits per heavy atom. The molecule has 0 fully saturated rings. The van der Waals surface area contributed by atoms with Crippen LogP contribution in [0.25, 0.3) is 0 Å². The van der Waals surface area contributed by atoms with Crippen LogP contribution >= 0.6 is 0 Å². The van der Waals surface area contributed by atoms with Gasteiger partial charge in [0.25, 0.3) is 5.91 Å². The zero-order valence-corrected chi connectivity index (χ0v) is 13.7. The van der Waals surface area contributed by atoms with E-state index in [1.807, 2.05) is 25.1 Å². The molecule has 0 spiro atoms. The molecule has 24 heavy (non-hydrogen) atoms. The number of aliphatic imine (C=N–C) groups is 1. The second-order valence-corrected chi connectivity index (χ2v) is 5.00. The smallest absolute Gasteiger partial charge is 0.260 e. The van der Waals surface area contributed by atoms with Gasteiger partial charge in [0.2, 0.25) is 0 Å². The SMILES string of the molecule is CCOc1ccc(N=C/C(C(=O)Nc2ccccc2)=C(\C)O)cc1. The first-order valence-corrected chi connectivity index (χ1v) is 7.63. The number of ether oxygens (including phenoxy) is 1. The fourth-order valence-electron chi connectivity index (χ4n) is 1.97. The molecule has 0 aliphatic heterocycles. The van der Waals surface area contributed by atoms with Crippen LogP contribution in [-0.4, -0.2) is 23.8 Å². The van der Waals surface area contributed by atoms with Crippen LogP contribution in [0.4, 0.5) is 11.4 Å². The average molecular weight is 324 g/mol. The Labute approximate surface area is 141 Å². The van der Waals surface area contributed by atoms with Crippen molar-refractivity contribution >= 4 is 23.5 Å². The van der Waals surface area contributed by atoms with Gasteiger partial charge >= 0.3 is 0 Å². The maximum atomic E-state index is 12.3. The number of rotatable bonds is 6. The molecule has 5 nitrogen and oxygen atoms in total. The maximum absolute atomic E-state index is 12.3. The van der Waals surface area contributed by atoms with E-state index >= 15 is 0 Å². The van der Waals surface area contributed by atoms with E-state index in [1.165, 1.54) is 13.1 Å². The molecule has 124 valence electrons. The summed E-state index contributed by atoms with van der Waals surface area (Å²) in [5.74, 6) is 0.237. The number of nitrogens with one attached hydrogen (secondary N) is 1. The summed E-state index contributed by atoms with van der Waals surface area (Å²) in [6.07, 6.45) is 1.35. The van der Waals surface area contributed by atoms with Crippen molar-refractivity contribution in [3.63, 3.8) is 0 Å². The molecule has 2 N–H and O–H groups in total. The van der Waals surface area contributed by atoms with E-state index in [9.17, 15) is 9.90 Å². The lowest BCUT2D eigenvalue weighted by Crippen LogP contribution is -2.16. The van der Waals surface area contributed by atoms with Crippen molar-refractivity contribution in [1.82, 2.24) is 0 Å². The molecule has 0 unspecified atom stereocenters. The van der Waals surface area contributed by atoms with Gasteiger partial charge in [-0.2, -0.15) is 0 Å². The summed E-state index contributed by atoms with van der Waals surface area (Å²) < 4.78 is 5.36. The van der Waals surface area contributed by atoms with Crippen LogP contribution < -0.4 is 10.1 Å². The minimum absolute atomic E-state index is 0.0990. The Balaban J connectivity index is 2.11. The molecule has 0 saturated carbocycles. The quantitative estimate of drug-likeness (QED) is 0.474. The standard InChI is InChI=1S/C19H20N2O3/c1-3-24-17-11-9-15(10-12-17)20-13-18(14(2)22)19(23)21-16-7-5-4-6-8-16/h4-13,22H,3H2,1-2H3,(H,21,23)/b18-14-,20-13?. The Bertz CT molecular complexity index is 731. The van der Waals surface area contributed by atoms with Crippen molar-refractivity contribution in [2.45, 2.75) is 13.8 Å². The third-order valence-electron chi connectivity index (χ3n) is 3.16. The molecule has 2 aromatic carbocycles. The third kappa shape index (κ3) is 4.98. The van der Waals surface area contributed by atoms with Crippen LogP contribution in [0.3, 0.4) is 0 Å². The monoisotopic (exact) mass is 324 g/mol. The van der Waals surface area contributed by atoms with E-state index in [-0.39, 0.29) is 11.3 Å². The zero-order chi connectivity index (χ0) is 17.4. The van der Waals surface area contributed by atoms with Gasteiger partial charge in [-0.3, -0.25) is 9.79 Å². The van der Waals surface area contributed by atoms with Crippen LogP contribution in [0.2, 0.25) is 0 Å². The van der Waals surface area contributed by atoms with E-state index in [2.05, 4.69) is 10.3 Å². The molecule has 2 rings (SSSR count). The number of anilines is 1. The predicted octanol–water partition coefficient (Wildman–Crippen LogP) is 4.26. The minimum Gasteiger partial charge on any atom is -0.512 e. The second kappa shape index (κ2) is 8.53. The Morgan fingerprint density at radius 3 is 2.42 bits per heavy atom. The Morgan fingerprint density at radius 2 is 1.83 bits per heavy atom. The third-order valence-corrected chi connectivity index (χ3v) is 3.16. The van der Waals surface area contributed by atoms with Gasteiger partial charge in [-0.1, -0.05) is 18.2 Å². The lowest BCUT2D eigenvalue weighted by molar-refractivity contribution is -0.112. The van der Waals surface area contributed by atoms with Gasteiger partial charge in [0, 0.05) is 11.9 Å². The molecule has 0 radical (unpaired) electrons. The fourth-order valence-corrected chi connectivity index (χ4v) is 1.97. The summed E-state index contributed by atoms with van der Waals surface area (Å²) in [7, 11) is 0. The molecule has 1 amide bonds. The number of aliphatic hydroxyl groups is 1. The number of amides is 1. The van der Waals surface area contributed by atoms with Gasteiger partial charge < -0.3 is 15.2 Å². The molecule has 0 aliphatic carbocycles. The van der Waals surface area contributed by atoms with Crippen LogP contribution in [-0.2, 0) is 4.79 Å². The summed E-state index contributed by atoms with van der Waals surface area (Å²) in [6, 6.07) is 16.2. The second-order valence-electron chi connectivity index (χ2n) is 5.00. The summed E-state index contributed by atoms with van der Waals surface area (Å²) in [5, 5.41) is 12.5. The number of para-hydroxylation sites is 1. The Hall–Kier alpha value is -3.08. The Kier molecular flexibility index (Phi) is 6.14. The number of carbonyl (C=O) groups excluding carboxylic acids is 1. The lowest BCUT2D eigenvalue weighted by atomic mass is 10.2. The average Bonchev–Trinajstić information content (AvgIpc) is 2.57. The van der Waals surface area contributed by atoms with Crippen molar-refractivity contribution in [2.24, 2.45) is 4.99 Å². The van der Waals surface area contributed by atoms with Gasteiger partial charge in [0.15, 0.2) is 0 Å². The highest BCUT2D eigenvalue weighted by Gasteiger charge is 2.11. The molecule has 2 aromatic rings. The van der Waals surface area contributed by atoms with Crippen molar-refractivity contribution in [3.8, 4) is 5.75 Å². The number of nitrogens with zero attached hydrogens (tertiary/aromatic N) is 1. The molecule has 5 heteroatoms. The van der Waals surface area contributed by atoms with Gasteiger partial charge in [-0.15, -0.1) is 0 Å². The zero-order valence-electron chi connectivity index (χ0n) is 13.7. The van der Waals surface area contributed by atoms with Gasteiger partial charge in [0.05, 0.1) is 17.9 Å². The van der Waals surface area contributed by atoms with E-state index in [1.54, 1.807) is 36.4 Å². The topological polar surface area (TPSA) is 70.9 Å². The maximum Gasteiger partial charge on any atom is 0.260 e. The van der Waals surface area contributed by atoms with Crippen LogP contribution in [0.5, 0.6) is 5.75 Å². The van der Waals surface area contributed by atoms with Gasteiger partial charge in [-0.05, 0) is 50.2 Å². The molecule has 0 atom stereocenters. The van der Waals surface area contributed by atoms with Crippen LogP contribution in [0.1, 0.15) is 13.8 Å². The van der Waals surface area contributed by atoms with Crippen molar-refractivity contribution < 1.29 is 14.6 Å². The largest absolute Gasteiger partial charge is 0.512 e. The predicted molar refractivity (Wildman–Crippen MR) is 96.2 cm³/mol. The lowest BCUT2D eigenvalue weighted by Gasteiger charge is -2.06. The summed E-state index contributed by atoms with van der Waals surface area (Å²) in [5.41, 5.74) is 1.41. The van der Waals surface area contributed by atoms with E-state index in [4.69, 9.17) is 4.74 Å². The summed E-state index contributed by atoms with van der Waals surface area (Å²) in [4.78, 5) is 16.5. The normalized spacial score (nSPS) is 11.9. The first kappa shape index (κ1) is 17.3. The van der Waals surface area contributed by atoms with E-state index < -0.39 is 5.91 Å². The van der Waals surface area contributed by atoms with E-state index in [0.29, 0.717) is 18.0 Å². The van der Waals surface area contributed by atoms with Gasteiger partial charge in [-0.25, -0.2) is 0 Å². The van der Waals surface area contributed by atoms with Crippen molar-refractivity contribution in [1.29, 1.82) is 0 Å². The highest BCUT2D eigenvalue weighted by Crippen LogP contribution is 2.18. The number of aliphatic hydroxyl groups excluding tert-OH is 1. The highest BCUT2D eigenvalue weighted by molar-refractivity contribution is 6.18. The summed E-state index contributed by atoms with van der Waals surface area (Å²) in [6.45, 7) is 3.96. The van der Waals surface area contributed by atoms with Crippen LogP contribution in [0.15, 0.2) is 70.9 Å². The fraction of sp³-hybridized carbons (Fsp3) is 0.158. The first-order valence-electron chi connectivity index (χ1n) is 7.63. The number of allylic oxidation sites excluding steroid dienone is 1. The first-order chi connectivity index (χ1) is 11.6. The molecule has 0 aliphatic rings. The highest BCUT2D eigenvalue weighted by atomic mass is 16.5. The number of benzene rings is 2. The molecular formula is C19H20N2O3. The molecule has 0 aromatic heterocycles.